The van der Waals surface area contributed by atoms with Gasteiger partial charge in [-0.25, -0.2) is 0 Å². The SMILES string of the molecule is CCC#C[C](Cl)Cl. The van der Waals surface area contributed by atoms with Gasteiger partial charge in [-0.2, -0.15) is 0 Å². The molecule has 0 aromatic rings. The summed E-state index contributed by atoms with van der Waals surface area (Å²) in [6.07, 6.45) is 0.795. The van der Waals surface area contributed by atoms with Crippen LogP contribution in [0.25, 0.3) is 0 Å². The molecule has 0 atom stereocenters. The summed E-state index contributed by atoms with van der Waals surface area (Å²) in [6.45, 7) is 1.93. The van der Waals surface area contributed by atoms with Crippen LogP contribution in [0.15, 0.2) is 0 Å². The van der Waals surface area contributed by atoms with Crippen molar-refractivity contribution in [2.75, 3.05) is 0 Å². The number of hydrogen-bond acceptors (Lipinski definition) is 0. The summed E-state index contributed by atoms with van der Waals surface area (Å²) in [5.74, 6) is 5.19. The monoisotopic (exact) mass is 135 g/mol. The van der Waals surface area contributed by atoms with Crippen molar-refractivity contribution in [1.29, 1.82) is 0 Å². The molecule has 0 aliphatic heterocycles. The first kappa shape index (κ1) is 7.14. The van der Waals surface area contributed by atoms with Gasteiger partial charge in [-0.15, -0.1) is 5.92 Å². The van der Waals surface area contributed by atoms with Gasteiger partial charge >= 0.3 is 0 Å². The fourth-order valence-corrected chi connectivity index (χ4v) is 0.289. The molecule has 0 N–H and O–H groups in total. The molecule has 0 saturated heterocycles. The van der Waals surface area contributed by atoms with E-state index in [9.17, 15) is 0 Å². The van der Waals surface area contributed by atoms with Crippen molar-refractivity contribution in [2.45, 2.75) is 13.3 Å². The van der Waals surface area contributed by atoms with Crippen LogP contribution in [-0.2, 0) is 0 Å². The topological polar surface area (TPSA) is 0 Å². The van der Waals surface area contributed by atoms with E-state index in [0.717, 1.165) is 6.42 Å². The van der Waals surface area contributed by atoms with Crippen LogP contribution in [0.5, 0.6) is 0 Å². The molecule has 0 spiro atoms. The van der Waals surface area contributed by atoms with Crippen LogP contribution in [0.2, 0.25) is 0 Å². The van der Waals surface area contributed by atoms with Crippen molar-refractivity contribution >= 4 is 23.2 Å². The second-order valence-electron chi connectivity index (χ2n) is 0.916. The van der Waals surface area contributed by atoms with E-state index in [4.69, 9.17) is 23.2 Å². The van der Waals surface area contributed by atoms with E-state index in [1.807, 2.05) is 6.92 Å². The third-order valence-electron chi connectivity index (χ3n) is 0.360. The molecule has 0 heterocycles. The second-order valence-corrected chi connectivity index (χ2v) is 1.87. The summed E-state index contributed by atoms with van der Waals surface area (Å²) >= 11 is 10.3. The normalized spacial score (nSPS) is 8.00. The fourth-order valence-electron chi connectivity index (χ4n) is 0.155. The second kappa shape index (κ2) is 4.30. The first-order chi connectivity index (χ1) is 3.27. The number of hydrogen-bond donors (Lipinski definition) is 0. The van der Waals surface area contributed by atoms with E-state index in [2.05, 4.69) is 11.8 Å². The molecule has 0 aromatic carbocycles. The minimum atomic E-state index is 0.141. The van der Waals surface area contributed by atoms with Gasteiger partial charge in [-0.05, 0) is 0 Å². The zero-order valence-electron chi connectivity index (χ0n) is 3.96. The average Bonchev–Trinajstić information content (AvgIpc) is 1.61. The van der Waals surface area contributed by atoms with Crippen LogP contribution in [0.3, 0.4) is 0 Å². The molecule has 0 saturated carbocycles. The first-order valence-electron chi connectivity index (χ1n) is 1.94. The number of rotatable bonds is 0. The van der Waals surface area contributed by atoms with Crippen LogP contribution < -0.4 is 0 Å². The summed E-state index contributed by atoms with van der Waals surface area (Å²) in [7, 11) is 0. The largest absolute Gasteiger partial charge is 0.221 e. The summed E-state index contributed by atoms with van der Waals surface area (Å²) < 4.78 is 0. The smallest absolute Gasteiger partial charge is 0.100 e. The average molecular weight is 136 g/mol. The van der Waals surface area contributed by atoms with Gasteiger partial charge in [0.2, 0.25) is 4.84 Å². The highest BCUT2D eigenvalue weighted by Crippen LogP contribution is 2.08. The Hall–Kier alpha value is 0.140. The minimum absolute atomic E-state index is 0.141. The Kier molecular flexibility index (Phi) is 4.39. The molecule has 0 aromatic heterocycles. The van der Waals surface area contributed by atoms with E-state index in [1.54, 1.807) is 0 Å². The molecule has 0 nitrogen and oxygen atoms in total. The minimum Gasteiger partial charge on any atom is -0.100 e. The third kappa shape index (κ3) is 6.14. The Bertz CT molecular complexity index is 86.0. The lowest BCUT2D eigenvalue weighted by molar-refractivity contribution is 1.28. The van der Waals surface area contributed by atoms with Crippen LogP contribution in [0.4, 0.5) is 0 Å². The van der Waals surface area contributed by atoms with Crippen molar-refractivity contribution in [3.63, 3.8) is 0 Å². The Balaban J connectivity index is 3.24. The van der Waals surface area contributed by atoms with Crippen LogP contribution in [-0.4, -0.2) is 0 Å². The lowest BCUT2D eigenvalue weighted by Gasteiger charge is -1.75. The standard InChI is InChI=1S/C5H5Cl2/c1-2-3-4-5(6)7/h2H2,1H3. The molecular formula is C5H5Cl2. The van der Waals surface area contributed by atoms with E-state index in [-0.39, 0.29) is 4.84 Å². The summed E-state index contributed by atoms with van der Waals surface area (Å²) in [6, 6.07) is 0. The molecule has 0 unspecified atom stereocenters. The predicted octanol–water partition coefficient (Wildman–Crippen LogP) is 2.37. The summed E-state index contributed by atoms with van der Waals surface area (Å²) in [5.41, 5.74) is 0. The zero-order valence-corrected chi connectivity index (χ0v) is 5.47. The van der Waals surface area contributed by atoms with Gasteiger partial charge in [0, 0.05) is 6.42 Å². The van der Waals surface area contributed by atoms with Gasteiger partial charge in [0.05, 0.1) is 0 Å². The van der Waals surface area contributed by atoms with Gasteiger partial charge < -0.3 is 0 Å². The highest BCUT2D eigenvalue weighted by atomic mass is 35.5. The van der Waals surface area contributed by atoms with Crippen LogP contribution >= 0.6 is 23.2 Å². The molecule has 0 rings (SSSR count). The third-order valence-corrected chi connectivity index (χ3v) is 0.549. The maximum atomic E-state index is 5.17. The van der Waals surface area contributed by atoms with Gasteiger partial charge in [0.25, 0.3) is 0 Å². The highest BCUT2D eigenvalue weighted by molar-refractivity contribution is 6.54. The van der Waals surface area contributed by atoms with Crippen LogP contribution in [0, 0.1) is 16.7 Å². The maximum absolute atomic E-state index is 5.17. The molecule has 39 valence electrons. The van der Waals surface area contributed by atoms with E-state index in [0.29, 0.717) is 0 Å². The summed E-state index contributed by atoms with van der Waals surface area (Å²) in [4.78, 5) is 0.141. The quantitative estimate of drug-likeness (QED) is 0.448. The predicted molar refractivity (Wildman–Crippen MR) is 33.0 cm³/mol. The molecule has 0 aliphatic carbocycles. The Morgan fingerprint density at radius 1 is 1.57 bits per heavy atom. The molecule has 0 amide bonds. The molecular weight excluding hydrogens is 131 g/mol. The van der Waals surface area contributed by atoms with E-state index < -0.39 is 0 Å². The Labute approximate surface area is 53.8 Å². The maximum Gasteiger partial charge on any atom is 0.221 e. The molecule has 1 radical (unpaired) electrons. The van der Waals surface area contributed by atoms with Gasteiger partial charge in [0.15, 0.2) is 0 Å². The molecule has 2 heteroatoms. The zero-order chi connectivity index (χ0) is 5.70. The van der Waals surface area contributed by atoms with Crippen molar-refractivity contribution in [1.82, 2.24) is 0 Å². The van der Waals surface area contributed by atoms with Crippen LogP contribution in [0.1, 0.15) is 13.3 Å². The van der Waals surface area contributed by atoms with E-state index in [1.165, 1.54) is 0 Å². The first-order valence-corrected chi connectivity index (χ1v) is 2.69. The molecule has 0 fully saturated rings. The van der Waals surface area contributed by atoms with Crippen molar-refractivity contribution in [3.8, 4) is 11.8 Å². The van der Waals surface area contributed by atoms with Crippen molar-refractivity contribution in [3.05, 3.63) is 4.84 Å². The Morgan fingerprint density at radius 3 is 2.29 bits per heavy atom. The lowest BCUT2D eigenvalue weighted by atomic mass is 10.5. The fraction of sp³-hybridized carbons (Fsp3) is 0.400. The van der Waals surface area contributed by atoms with Gasteiger partial charge in [-0.1, -0.05) is 36.0 Å². The van der Waals surface area contributed by atoms with E-state index >= 15 is 0 Å². The Morgan fingerprint density at radius 2 is 2.14 bits per heavy atom. The molecule has 7 heavy (non-hydrogen) atoms. The van der Waals surface area contributed by atoms with Gasteiger partial charge in [-0.3, -0.25) is 0 Å². The lowest BCUT2D eigenvalue weighted by Crippen LogP contribution is -1.62. The van der Waals surface area contributed by atoms with Crippen molar-refractivity contribution < 1.29 is 0 Å². The van der Waals surface area contributed by atoms with Crippen molar-refractivity contribution in [2.24, 2.45) is 0 Å². The highest BCUT2D eigenvalue weighted by Gasteiger charge is 1.86. The molecule has 0 bridgehead atoms. The van der Waals surface area contributed by atoms with Gasteiger partial charge in [0.1, 0.15) is 0 Å². The number of halogens is 2. The molecule has 0 aliphatic rings. The summed E-state index contributed by atoms with van der Waals surface area (Å²) in [5, 5.41) is 0.